The normalized spacial score (nSPS) is 10.9. The predicted octanol–water partition coefficient (Wildman–Crippen LogP) is 3.75. The van der Waals surface area contributed by atoms with Gasteiger partial charge in [0.2, 0.25) is 11.8 Å². The summed E-state index contributed by atoms with van der Waals surface area (Å²) in [4.78, 5) is 23.7. The van der Waals surface area contributed by atoms with Crippen molar-refractivity contribution in [1.82, 2.24) is 5.43 Å². The Morgan fingerprint density at radius 2 is 1.93 bits per heavy atom. The summed E-state index contributed by atoms with van der Waals surface area (Å²) in [5.41, 5.74) is 5.15. The topological polar surface area (TPSA) is 79.8 Å². The highest BCUT2D eigenvalue weighted by molar-refractivity contribution is 6.03. The summed E-state index contributed by atoms with van der Waals surface area (Å²) in [7, 11) is 1.63. The number of aryl methyl sites for hydroxylation is 1. The van der Waals surface area contributed by atoms with Gasteiger partial charge in [-0.1, -0.05) is 26.0 Å². The average molecular weight is 385 g/mol. The van der Waals surface area contributed by atoms with Gasteiger partial charge in [-0.2, -0.15) is 5.10 Å². The van der Waals surface area contributed by atoms with Crippen molar-refractivity contribution in [2.45, 2.75) is 33.1 Å². The van der Waals surface area contributed by atoms with Crippen molar-refractivity contribution >= 4 is 23.7 Å². The Morgan fingerprint density at radius 3 is 2.57 bits per heavy atom. The monoisotopic (exact) mass is 385 g/mol. The quantitative estimate of drug-likeness (QED) is 0.433. The SMILES string of the molecule is COc1cc(C)c(C=NNC(=O)CC(=O)Nc2ccccc2F)cc1C(C)C. The van der Waals surface area contributed by atoms with Gasteiger partial charge in [-0.15, -0.1) is 0 Å². The largest absolute Gasteiger partial charge is 0.496 e. The molecule has 2 rings (SSSR count). The van der Waals surface area contributed by atoms with Crippen LogP contribution in [0.5, 0.6) is 5.75 Å². The molecule has 0 aliphatic carbocycles. The standard InChI is InChI=1S/C21H24FN3O3/c1-13(2)16-10-15(14(3)9-19(16)28-4)12-23-25-21(27)11-20(26)24-18-8-6-5-7-17(18)22/h5-10,12-13H,11H2,1-4H3,(H,24,26)(H,25,27). The first-order valence-corrected chi connectivity index (χ1v) is 8.86. The van der Waals surface area contributed by atoms with Gasteiger partial charge in [-0.25, -0.2) is 9.82 Å². The zero-order valence-electron chi connectivity index (χ0n) is 16.4. The Kier molecular flexibility index (Phi) is 7.26. The number of para-hydroxylation sites is 1. The van der Waals surface area contributed by atoms with Gasteiger partial charge in [-0.05, 0) is 53.8 Å². The number of anilines is 1. The number of nitrogens with zero attached hydrogens (tertiary/aromatic N) is 1. The number of amides is 2. The number of hydrogen-bond donors (Lipinski definition) is 2. The Hall–Kier alpha value is -3.22. The van der Waals surface area contributed by atoms with Gasteiger partial charge in [0.05, 0.1) is 19.0 Å². The van der Waals surface area contributed by atoms with E-state index in [-0.39, 0.29) is 11.6 Å². The number of carbonyl (C=O) groups excluding carboxylic acids is 2. The second-order valence-electron chi connectivity index (χ2n) is 6.60. The van der Waals surface area contributed by atoms with Crippen molar-refractivity contribution in [2.24, 2.45) is 5.10 Å². The summed E-state index contributed by atoms with van der Waals surface area (Å²) in [6, 6.07) is 9.62. The van der Waals surface area contributed by atoms with E-state index in [0.717, 1.165) is 22.4 Å². The second-order valence-corrected chi connectivity index (χ2v) is 6.60. The maximum atomic E-state index is 13.5. The molecule has 0 bridgehead atoms. The van der Waals surface area contributed by atoms with Crippen LogP contribution >= 0.6 is 0 Å². The molecule has 6 nitrogen and oxygen atoms in total. The van der Waals surface area contributed by atoms with Crippen LogP contribution in [-0.4, -0.2) is 25.1 Å². The van der Waals surface area contributed by atoms with Crippen LogP contribution in [0.15, 0.2) is 41.5 Å². The zero-order valence-corrected chi connectivity index (χ0v) is 16.4. The molecule has 7 heteroatoms. The summed E-state index contributed by atoms with van der Waals surface area (Å²) in [5, 5.41) is 6.27. The number of rotatable bonds is 7. The second kappa shape index (κ2) is 9.64. The third-order valence-electron chi connectivity index (χ3n) is 4.10. The van der Waals surface area contributed by atoms with Crippen LogP contribution in [-0.2, 0) is 9.59 Å². The van der Waals surface area contributed by atoms with E-state index in [1.807, 2.05) is 19.1 Å². The fourth-order valence-electron chi connectivity index (χ4n) is 2.60. The average Bonchev–Trinajstić information content (AvgIpc) is 2.64. The minimum absolute atomic E-state index is 0.0267. The number of ether oxygens (including phenoxy) is 1. The van der Waals surface area contributed by atoms with Crippen molar-refractivity contribution in [2.75, 3.05) is 12.4 Å². The maximum Gasteiger partial charge on any atom is 0.249 e. The molecule has 0 fully saturated rings. The molecule has 2 N–H and O–H groups in total. The Balaban J connectivity index is 1.97. The lowest BCUT2D eigenvalue weighted by molar-refractivity contribution is -0.126. The molecule has 0 spiro atoms. The number of nitrogens with one attached hydrogen (secondary N) is 2. The number of benzene rings is 2. The highest BCUT2D eigenvalue weighted by atomic mass is 19.1. The fraction of sp³-hybridized carbons (Fsp3) is 0.286. The van der Waals surface area contributed by atoms with E-state index in [2.05, 4.69) is 29.7 Å². The smallest absolute Gasteiger partial charge is 0.249 e. The van der Waals surface area contributed by atoms with Gasteiger partial charge in [0.15, 0.2) is 0 Å². The first-order valence-electron chi connectivity index (χ1n) is 8.86. The third kappa shape index (κ3) is 5.64. The molecule has 148 valence electrons. The Bertz CT molecular complexity index is 894. The lowest BCUT2D eigenvalue weighted by atomic mass is 9.97. The molecule has 0 heterocycles. The Labute approximate surface area is 163 Å². The summed E-state index contributed by atoms with van der Waals surface area (Å²) >= 11 is 0. The van der Waals surface area contributed by atoms with Crippen molar-refractivity contribution in [3.8, 4) is 5.75 Å². The molecule has 0 atom stereocenters. The van der Waals surface area contributed by atoms with Crippen LogP contribution in [0.25, 0.3) is 0 Å². The van der Waals surface area contributed by atoms with E-state index in [9.17, 15) is 14.0 Å². The lowest BCUT2D eigenvalue weighted by Gasteiger charge is -2.14. The van der Waals surface area contributed by atoms with E-state index in [1.165, 1.54) is 24.4 Å². The van der Waals surface area contributed by atoms with Gasteiger partial charge in [0, 0.05) is 0 Å². The van der Waals surface area contributed by atoms with Gasteiger partial charge >= 0.3 is 0 Å². The van der Waals surface area contributed by atoms with Crippen LogP contribution in [0.4, 0.5) is 10.1 Å². The molecule has 2 amide bonds. The van der Waals surface area contributed by atoms with Gasteiger partial charge < -0.3 is 10.1 Å². The molecule has 0 aliphatic rings. The predicted molar refractivity (Wildman–Crippen MR) is 107 cm³/mol. The highest BCUT2D eigenvalue weighted by Crippen LogP contribution is 2.29. The van der Waals surface area contributed by atoms with Crippen LogP contribution in [0, 0.1) is 12.7 Å². The van der Waals surface area contributed by atoms with E-state index in [1.54, 1.807) is 13.2 Å². The van der Waals surface area contributed by atoms with E-state index >= 15 is 0 Å². The van der Waals surface area contributed by atoms with Gasteiger partial charge in [0.1, 0.15) is 18.0 Å². The number of halogens is 1. The molecule has 0 radical (unpaired) electrons. The van der Waals surface area contributed by atoms with E-state index < -0.39 is 24.1 Å². The van der Waals surface area contributed by atoms with E-state index in [0.29, 0.717) is 0 Å². The summed E-state index contributed by atoms with van der Waals surface area (Å²) in [6.45, 7) is 6.03. The maximum absolute atomic E-state index is 13.5. The molecule has 2 aromatic rings. The first kappa shape index (κ1) is 21.1. The summed E-state index contributed by atoms with van der Waals surface area (Å²) in [6.07, 6.45) is 1.05. The molecule has 0 aromatic heterocycles. The van der Waals surface area contributed by atoms with E-state index in [4.69, 9.17) is 4.74 Å². The number of hydrogen-bond acceptors (Lipinski definition) is 4. The number of methoxy groups -OCH3 is 1. The number of carbonyl (C=O) groups is 2. The van der Waals surface area contributed by atoms with Gasteiger partial charge in [-0.3, -0.25) is 9.59 Å². The van der Waals surface area contributed by atoms with Crippen molar-refractivity contribution in [3.05, 3.63) is 58.9 Å². The van der Waals surface area contributed by atoms with Crippen molar-refractivity contribution in [3.63, 3.8) is 0 Å². The summed E-state index contributed by atoms with van der Waals surface area (Å²) < 4.78 is 18.9. The molecule has 2 aromatic carbocycles. The molecule has 0 aliphatic heterocycles. The van der Waals surface area contributed by atoms with Crippen molar-refractivity contribution in [1.29, 1.82) is 0 Å². The highest BCUT2D eigenvalue weighted by Gasteiger charge is 2.12. The minimum Gasteiger partial charge on any atom is -0.496 e. The Morgan fingerprint density at radius 1 is 1.21 bits per heavy atom. The number of hydrazone groups is 1. The molecular weight excluding hydrogens is 361 g/mol. The fourth-order valence-corrected chi connectivity index (χ4v) is 2.60. The molecule has 0 saturated heterocycles. The molecule has 0 saturated carbocycles. The molecular formula is C21H24FN3O3. The minimum atomic E-state index is -0.625. The van der Waals surface area contributed by atoms with Crippen molar-refractivity contribution < 1.29 is 18.7 Å². The third-order valence-corrected chi connectivity index (χ3v) is 4.10. The zero-order chi connectivity index (χ0) is 20.7. The van der Waals surface area contributed by atoms with Crippen LogP contribution in [0.2, 0.25) is 0 Å². The molecule has 28 heavy (non-hydrogen) atoms. The molecule has 0 unspecified atom stereocenters. The summed E-state index contributed by atoms with van der Waals surface area (Å²) in [5.74, 6) is -0.719. The van der Waals surface area contributed by atoms with Crippen LogP contribution in [0.3, 0.4) is 0 Å². The lowest BCUT2D eigenvalue weighted by Crippen LogP contribution is -2.25. The van der Waals surface area contributed by atoms with Crippen LogP contribution in [0.1, 0.15) is 42.9 Å². The van der Waals surface area contributed by atoms with Crippen LogP contribution < -0.4 is 15.5 Å². The van der Waals surface area contributed by atoms with Gasteiger partial charge in [0.25, 0.3) is 0 Å². The first-order chi connectivity index (χ1) is 13.3.